The summed E-state index contributed by atoms with van der Waals surface area (Å²) in [5, 5.41) is 19.4. The number of aromatic hydroxyl groups is 2. The number of hydrogen-bond acceptors (Lipinski definition) is 4. The Labute approximate surface area is 183 Å². The lowest BCUT2D eigenvalue weighted by atomic mass is 9.97. The standard InChI is InChI=1S/C27H28O4/c1-18(2)14-21-6-10-23(11-7-21)19(3)27(30)31-26-16-22(15-25(29)17-26)5-4-20-8-12-24(28)13-9-20/h4-13,15-19,28-29H,14H2,1-3H3. The topological polar surface area (TPSA) is 66.8 Å². The molecule has 160 valence electrons. The first-order valence-corrected chi connectivity index (χ1v) is 10.4. The maximum atomic E-state index is 12.7. The quantitative estimate of drug-likeness (QED) is 0.274. The van der Waals surface area contributed by atoms with Crippen molar-refractivity contribution < 1.29 is 19.7 Å². The normalized spacial score (nSPS) is 12.3. The Kier molecular flexibility index (Phi) is 7.14. The Hall–Kier alpha value is -3.53. The van der Waals surface area contributed by atoms with E-state index in [-0.39, 0.29) is 17.5 Å². The van der Waals surface area contributed by atoms with E-state index in [1.54, 1.807) is 42.5 Å². The van der Waals surface area contributed by atoms with Gasteiger partial charge in [-0.25, -0.2) is 0 Å². The summed E-state index contributed by atoms with van der Waals surface area (Å²) >= 11 is 0. The van der Waals surface area contributed by atoms with Gasteiger partial charge in [-0.15, -0.1) is 0 Å². The molecule has 0 fully saturated rings. The molecule has 3 aromatic rings. The highest BCUT2D eigenvalue weighted by Gasteiger charge is 2.18. The summed E-state index contributed by atoms with van der Waals surface area (Å²) in [5.41, 5.74) is 3.73. The number of esters is 1. The van der Waals surface area contributed by atoms with Crippen molar-refractivity contribution in [1.29, 1.82) is 0 Å². The van der Waals surface area contributed by atoms with Crippen molar-refractivity contribution in [3.05, 3.63) is 89.0 Å². The molecule has 0 aromatic heterocycles. The van der Waals surface area contributed by atoms with Gasteiger partial charge in [0.25, 0.3) is 0 Å². The van der Waals surface area contributed by atoms with Gasteiger partial charge in [-0.1, -0.05) is 62.4 Å². The zero-order valence-corrected chi connectivity index (χ0v) is 18.1. The van der Waals surface area contributed by atoms with Crippen LogP contribution < -0.4 is 4.74 Å². The third-order valence-corrected chi connectivity index (χ3v) is 4.97. The predicted octanol–water partition coefficient (Wildman–Crippen LogP) is 6.18. The number of carbonyl (C=O) groups is 1. The molecule has 0 heterocycles. The average Bonchev–Trinajstić information content (AvgIpc) is 2.72. The van der Waals surface area contributed by atoms with Crippen LogP contribution in [-0.2, 0) is 11.2 Å². The summed E-state index contributed by atoms with van der Waals surface area (Å²) in [6.07, 6.45) is 4.66. The summed E-state index contributed by atoms with van der Waals surface area (Å²) in [4.78, 5) is 12.7. The predicted molar refractivity (Wildman–Crippen MR) is 124 cm³/mol. The highest BCUT2D eigenvalue weighted by atomic mass is 16.5. The average molecular weight is 417 g/mol. The first kappa shape index (κ1) is 22.2. The summed E-state index contributed by atoms with van der Waals surface area (Å²) in [5.74, 6) is 0.283. The largest absolute Gasteiger partial charge is 0.508 e. The molecule has 0 amide bonds. The Morgan fingerprint density at radius 2 is 1.48 bits per heavy atom. The molecule has 0 aliphatic carbocycles. The number of phenolic OH excluding ortho intramolecular Hbond substituents is 2. The SMILES string of the molecule is CC(C)Cc1ccc(C(C)C(=O)Oc2cc(O)cc(C=Cc3ccc(O)cc3)c2)cc1. The molecule has 0 aliphatic heterocycles. The van der Waals surface area contributed by atoms with Crippen molar-refractivity contribution in [2.75, 3.05) is 0 Å². The summed E-state index contributed by atoms with van der Waals surface area (Å²) in [7, 11) is 0. The lowest BCUT2D eigenvalue weighted by Gasteiger charge is -2.13. The fraction of sp³-hybridized carbons (Fsp3) is 0.222. The van der Waals surface area contributed by atoms with E-state index >= 15 is 0 Å². The van der Waals surface area contributed by atoms with Crippen molar-refractivity contribution >= 4 is 18.1 Å². The van der Waals surface area contributed by atoms with Gasteiger partial charge in [0, 0.05) is 6.07 Å². The molecule has 3 aromatic carbocycles. The van der Waals surface area contributed by atoms with E-state index in [9.17, 15) is 15.0 Å². The maximum Gasteiger partial charge on any atom is 0.318 e. The van der Waals surface area contributed by atoms with Gasteiger partial charge in [-0.2, -0.15) is 0 Å². The van der Waals surface area contributed by atoms with Crippen LogP contribution in [0.2, 0.25) is 0 Å². The van der Waals surface area contributed by atoms with Crippen LogP contribution in [0.3, 0.4) is 0 Å². The highest BCUT2D eigenvalue weighted by Crippen LogP contribution is 2.26. The van der Waals surface area contributed by atoms with Crippen molar-refractivity contribution in [3.63, 3.8) is 0 Å². The van der Waals surface area contributed by atoms with E-state index < -0.39 is 5.92 Å². The Morgan fingerprint density at radius 1 is 0.839 bits per heavy atom. The number of ether oxygens (including phenoxy) is 1. The van der Waals surface area contributed by atoms with Crippen LogP contribution in [0.4, 0.5) is 0 Å². The molecule has 0 aliphatic rings. The molecular formula is C27H28O4. The minimum atomic E-state index is -0.425. The van der Waals surface area contributed by atoms with Gasteiger partial charge in [-0.3, -0.25) is 4.79 Å². The second kappa shape index (κ2) is 9.98. The molecular weight excluding hydrogens is 388 g/mol. The van der Waals surface area contributed by atoms with Gasteiger partial charge < -0.3 is 14.9 Å². The van der Waals surface area contributed by atoms with Crippen LogP contribution in [0.5, 0.6) is 17.2 Å². The zero-order valence-electron chi connectivity index (χ0n) is 18.1. The molecule has 0 bridgehead atoms. The third-order valence-electron chi connectivity index (χ3n) is 4.97. The lowest BCUT2D eigenvalue weighted by Crippen LogP contribution is -2.16. The van der Waals surface area contributed by atoms with Gasteiger partial charge in [0.1, 0.15) is 17.2 Å². The van der Waals surface area contributed by atoms with Crippen molar-refractivity contribution in [3.8, 4) is 17.2 Å². The molecule has 0 spiro atoms. The number of hydrogen-bond donors (Lipinski definition) is 2. The Morgan fingerprint density at radius 3 is 2.13 bits per heavy atom. The Bertz CT molecular complexity index is 1050. The van der Waals surface area contributed by atoms with Crippen molar-refractivity contribution in [1.82, 2.24) is 0 Å². The Balaban J connectivity index is 1.69. The van der Waals surface area contributed by atoms with Crippen LogP contribution in [-0.4, -0.2) is 16.2 Å². The summed E-state index contributed by atoms with van der Waals surface area (Å²) in [6.45, 7) is 6.17. The summed E-state index contributed by atoms with van der Waals surface area (Å²) < 4.78 is 5.55. The molecule has 4 nitrogen and oxygen atoms in total. The molecule has 1 unspecified atom stereocenters. The highest BCUT2D eigenvalue weighted by molar-refractivity contribution is 5.80. The molecule has 0 saturated heterocycles. The van der Waals surface area contributed by atoms with Gasteiger partial charge in [-0.05, 0) is 65.8 Å². The third kappa shape index (κ3) is 6.48. The molecule has 2 N–H and O–H groups in total. The molecule has 4 heteroatoms. The smallest absolute Gasteiger partial charge is 0.318 e. The fourth-order valence-electron chi connectivity index (χ4n) is 3.29. The second-order valence-electron chi connectivity index (χ2n) is 8.17. The minimum absolute atomic E-state index is 0.0151. The molecule has 0 radical (unpaired) electrons. The van der Waals surface area contributed by atoms with Crippen molar-refractivity contribution in [2.45, 2.75) is 33.1 Å². The molecule has 31 heavy (non-hydrogen) atoms. The van der Waals surface area contributed by atoms with E-state index in [1.165, 1.54) is 11.6 Å². The van der Waals surface area contributed by atoms with E-state index in [1.807, 2.05) is 25.1 Å². The van der Waals surface area contributed by atoms with E-state index in [0.29, 0.717) is 17.2 Å². The van der Waals surface area contributed by atoms with Crippen LogP contribution >= 0.6 is 0 Å². The lowest BCUT2D eigenvalue weighted by molar-refractivity contribution is -0.135. The van der Waals surface area contributed by atoms with E-state index in [0.717, 1.165) is 17.5 Å². The van der Waals surface area contributed by atoms with E-state index in [2.05, 4.69) is 26.0 Å². The van der Waals surface area contributed by atoms with Gasteiger partial charge in [0.2, 0.25) is 0 Å². The second-order valence-corrected chi connectivity index (χ2v) is 8.17. The number of rotatable bonds is 7. The first-order chi connectivity index (χ1) is 14.8. The van der Waals surface area contributed by atoms with Crippen LogP contribution in [0, 0.1) is 5.92 Å². The summed E-state index contributed by atoms with van der Waals surface area (Å²) in [6, 6.07) is 19.5. The van der Waals surface area contributed by atoms with Crippen molar-refractivity contribution in [2.24, 2.45) is 5.92 Å². The number of phenols is 2. The van der Waals surface area contributed by atoms with Gasteiger partial charge >= 0.3 is 5.97 Å². The van der Waals surface area contributed by atoms with Gasteiger partial charge in [0.05, 0.1) is 5.92 Å². The number of benzene rings is 3. The molecule has 0 saturated carbocycles. The van der Waals surface area contributed by atoms with E-state index in [4.69, 9.17) is 4.74 Å². The fourth-order valence-corrected chi connectivity index (χ4v) is 3.29. The minimum Gasteiger partial charge on any atom is -0.508 e. The van der Waals surface area contributed by atoms with Gasteiger partial charge in [0.15, 0.2) is 0 Å². The van der Waals surface area contributed by atoms with Crippen LogP contribution in [0.15, 0.2) is 66.7 Å². The molecule has 1 atom stereocenters. The first-order valence-electron chi connectivity index (χ1n) is 10.4. The monoisotopic (exact) mass is 416 g/mol. The zero-order chi connectivity index (χ0) is 22.4. The van der Waals surface area contributed by atoms with Crippen LogP contribution in [0.1, 0.15) is 48.9 Å². The molecule has 3 rings (SSSR count). The number of carbonyl (C=O) groups excluding carboxylic acids is 1. The van der Waals surface area contributed by atoms with Crippen LogP contribution in [0.25, 0.3) is 12.2 Å². The maximum absolute atomic E-state index is 12.7.